The topological polar surface area (TPSA) is 20.3 Å². The van der Waals surface area contributed by atoms with Crippen LogP contribution >= 0.6 is 23.4 Å². The maximum atomic E-state index is 11.2. The number of anilines is 1. The van der Waals surface area contributed by atoms with E-state index in [1.165, 1.54) is 0 Å². The van der Waals surface area contributed by atoms with Crippen LogP contribution < -0.4 is 4.42 Å². The lowest BCUT2D eigenvalue weighted by Gasteiger charge is -2.13. The second-order valence-electron chi connectivity index (χ2n) is 2.48. The van der Waals surface area contributed by atoms with Gasteiger partial charge in [0.05, 0.1) is 10.7 Å². The standard InChI is InChI=1S/C9H9Cl2NO/c1-2-9(13)12(11)8-6-4-3-5-7(8)10/h3-6H,2H2,1H3. The third kappa shape index (κ3) is 2.36. The molecule has 0 N–H and O–H groups in total. The molecule has 0 aliphatic carbocycles. The Labute approximate surface area is 87.2 Å². The fourth-order valence-electron chi connectivity index (χ4n) is 0.884. The van der Waals surface area contributed by atoms with Gasteiger partial charge in [-0.05, 0) is 12.1 Å². The van der Waals surface area contributed by atoms with Gasteiger partial charge in [-0.1, -0.05) is 30.7 Å². The van der Waals surface area contributed by atoms with Gasteiger partial charge in [-0.15, -0.1) is 0 Å². The van der Waals surface area contributed by atoms with Crippen molar-refractivity contribution in [2.75, 3.05) is 4.42 Å². The van der Waals surface area contributed by atoms with Crippen LogP contribution in [0.2, 0.25) is 5.02 Å². The lowest BCUT2D eigenvalue weighted by atomic mass is 10.3. The molecule has 4 heteroatoms. The van der Waals surface area contributed by atoms with Crippen molar-refractivity contribution in [1.29, 1.82) is 0 Å². The molecule has 1 aromatic carbocycles. The van der Waals surface area contributed by atoms with Gasteiger partial charge in [-0.25, -0.2) is 4.42 Å². The summed E-state index contributed by atoms with van der Waals surface area (Å²) in [6, 6.07) is 6.95. The summed E-state index contributed by atoms with van der Waals surface area (Å²) in [5.74, 6) is -0.172. The third-order valence-corrected chi connectivity index (χ3v) is 2.28. The van der Waals surface area contributed by atoms with Crippen LogP contribution in [0.4, 0.5) is 5.69 Å². The summed E-state index contributed by atoms with van der Waals surface area (Å²) in [4.78, 5) is 11.2. The molecular formula is C9H9Cl2NO. The Bertz CT molecular complexity index is 314. The number of hydrogen-bond donors (Lipinski definition) is 0. The van der Waals surface area contributed by atoms with E-state index in [0.29, 0.717) is 17.1 Å². The van der Waals surface area contributed by atoms with E-state index in [4.69, 9.17) is 23.4 Å². The Morgan fingerprint density at radius 1 is 1.46 bits per heavy atom. The smallest absolute Gasteiger partial charge is 0.241 e. The highest BCUT2D eigenvalue weighted by Gasteiger charge is 2.13. The number of para-hydroxylation sites is 1. The highest BCUT2D eigenvalue weighted by Crippen LogP contribution is 2.26. The largest absolute Gasteiger partial charge is 0.273 e. The maximum Gasteiger partial charge on any atom is 0.241 e. The van der Waals surface area contributed by atoms with E-state index in [9.17, 15) is 4.79 Å². The van der Waals surface area contributed by atoms with E-state index >= 15 is 0 Å². The van der Waals surface area contributed by atoms with Crippen LogP contribution in [-0.2, 0) is 4.79 Å². The average Bonchev–Trinajstić information content (AvgIpc) is 2.16. The van der Waals surface area contributed by atoms with Crippen LogP contribution in [0.5, 0.6) is 0 Å². The number of amides is 1. The molecule has 1 aromatic rings. The van der Waals surface area contributed by atoms with Crippen molar-refractivity contribution in [3.05, 3.63) is 29.3 Å². The second kappa shape index (κ2) is 4.49. The van der Waals surface area contributed by atoms with Crippen LogP contribution in [0.25, 0.3) is 0 Å². The quantitative estimate of drug-likeness (QED) is 0.697. The minimum absolute atomic E-state index is 0.172. The number of halogens is 2. The summed E-state index contributed by atoms with van der Waals surface area (Å²) >= 11 is 11.6. The zero-order valence-corrected chi connectivity index (χ0v) is 8.64. The van der Waals surface area contributed by atoms with Gasteiger partial charge in [0.1, 0.15) is 0 Å². The Hall–Kier alpha value is -0.730. The monoisotopic (exact) mass is 217 g/mol. The molecule has 1 rings (SSSR count). The molecule has 13 heavy (non-hydrogen) atoms. The van der Waals surface area contributed by atoms with Crippen molar-refractivity contribution >= 4 is 35.0 Å². The summed E-state index contributed by atoms with van der Waals surface area (Å²) in [6.07, 6.45) is 0.356. The summed E-state index contributed by atoms with van der Waals surface area (Å²) in [5, 5.41) is 0.472. The molecule has 0 aliphatic rings. The molecule has 0 unspecified atom stereocenters. The Morgan fingerprint density at radius 2 is 2.08 bits per heavy atom. The summed E-state index contributed by atoms with van der Waals surface area (Å²) in [7, 11) is 0. The summed E-state index contributed by atoms with van der Waals surface area (Å²) < 4.78 is 1.04. The van der Waals surface area contributed by atoms with Crippen molar-refractivity contribution in [2.45, 2.75) is 13.3 Å². The van der Waals surface area contributed by atoms with Gasteiger partial charge in [0, 0.05) is 18.2 Å². The lowest BCUT2D eigenvalue weighted by Crippen LogP contribution is -2.19. The Morgan fingerprint density at radius 3 is 2.62 bits per heavy atom. The predicted molar refractivity (Wildman–Crippen MR) is 55.1 cm³/mol. The van der Waals surface area contributed by atoms with Gasteiger partial charge in [-0.3, -0.25) is 4.79 Å². The highest BCUT2D eigenvalue weighted by atomic mass is 35.5. The Kier molecular flexibility index (Phi) is 3.58. The van der Waals surface area contributed by atoms with Crippen molar-refractivity contribution in [2.24, 2.45) is 0 Å². The molecule has 0 atom stereocenters. The number of carbonyl (C=O) groups excluding carboxylic acids is 1. The van der Waals surface area contributed by atoms with Crippen LogP contribution in [0.15, 0.2) is 24.3 Å². The van der Waals surface area contributed by atoms with Gasteiger partial charge in [0.2, 0.25) is 5.91 Å². The number of nitrogens with zero attached hydrogens (tertiary/aromatic N) is 1. The second-order valence-corrected chi connectivity index (χ2v) is 3.22. The molecular weight excluding hydrogens is 209 g/mol. The fraction of sp³-hybridized carbons (Fsp3) is 0.222. The van der Waals surface area contributed by atoms with Crippen molar-refractivity contribution < 1.29 is 4.79 Å². The van der Waals surface area contributed by atoms with Gasteiger partial charge in [0.25, 0.3) is 0 Å². The Balaban J connectivity index is 2.95. The molecule has 0 saturated heterocycles. The van der Waals surface area contributed by atoms with E-state index in [1.54, 1.807) is 31.2 Å². The van der Waals surface area contributed by atoms with Crippen LogP contribution in [0.3, 0.4) is 0 Å². The van der Waals surface area contributed by atoms with Crippen molar-refractivity contribution in [3.63, 3.8) is 0 Å². The molecule has 0 bridgehead atoms. The predicted octanol–water partition coefficient (Wildman–Crippen LogP) is 3.24. The first kappa shape index (κ1) is 10.4. The number of benzene rings is 1. The molecule has 0 radical (unpaired) electrons. The van der Waals surface area contributed by atoms with E-state index in [2.05, 4.69) is 0 Å². The zero-order chi connectivity index (χ0) is 9.84. The van der Waals surface area contributed by atoms with Gasteiger partial charge in [-0.2, -0.15) is 0 Å². The van der Waals surface area contributed by atoms with E-state index in [-0.39, 0.29) is 5.91 Å². The first-order valence-electron chi connectivity index (χ1n) is 3.90. The minimum Gasteiger partial charge on any atom is -0.273 e. The van der Waals surface area contributed by atoms with Gasteiger partial charge in [0.15, 0.2) is 0 Å². The SMILES string of the molecule is CCC(=O)N(Cl)c1ccccc1Cl. The van der Waals surface area contributed by atoms with Gasteiger partial charge < -0.3 is 0 Å². The molecule has 0 saturated carbocycles. The number of hydrogen-bond acceptors (Lipinski definition) is 1. The summed E-state index contributed by atoms with van der Waals surface area (Å²) in [6.45, 7) is 1.74. The summed E-state index contributed by atoms with van der Waals surface area (Å²) in [5.41, 5.74) is 0.526. The first-order chi connectivity index (χ1) is 6.16. The van der Waals surface area contributed by atoms with Crippen LogP contribution in [0, 0.1) is 0 Å². The highest BCUT2D eigenvalue weighted by molar-refractivity contribution is 6.41. The number of rotatable bonds is 2. The van der Waals surface area contributed by atoms with Crippen LogP contribution in [0.1, 0.15) is 13.3 Å². The zero-order valence-electron chi connectivity index (χ0n) is 7.13. The lowest BCUT2D eigenvalue weighted by molar-refractivity contribution is -0.117. The van der Waals surface area contributed by atoms with Crippen LogP contribution in [-0.4, -0.2) is 5.91 Å². The maximum absolute atomic E-state index is 11.2. The third-order valence-electron chi connectivity index (χ3n) is 1.59. The fourth-order valence-corrected chi connectivity index (χ4v) is 1.41. The van der Waals surface area contributed by atoms with Crippen molar-refractivity contribution in [3.8, 4) is 0 Å². The van der Waals surface area contributed by atoms with Crippen molar-refractivity contribution in [1.82, 2.24) is 0 Å². The minimum atomic E-state index is -0.172. The van der Waals surface area contributed by atoms with E-state index < -0.39 is 0 Å². The molecule has 0 aliphatic heterocycles. The van der Waals surface area contributed by atoms with E-state index in [1.807, 2.05) is 0 Å². The molecule has 0 fully saturated rings. The van der Waals surface area contributed by atoms with E-state index in [0.717, 1.165) is 4.42 Å². The molecule has 2 nitrogen and oxygen atoms in total. The molecule has 0 aromatic heterocycles. The average molecular weight is 218 g/mol. The normalized spacial score (nSPS) is 9.77. The molecule has 0 heterocycles. The number of carbonyl (C=O) groups is 1. The first-order valence-corrected chi connectivity index (χ1v) is 4.61. The molecule has 1 amide bonds. The van der Waals surface area contributed by atoms with Gasteiger partial charge >= 0.3 is 0 Å². The molecule has 70 valence electrons. The molecule has 0 spiro atoms.